The van der Waals surface area contributed by atoms with Gasteiger partial charge in [0, 0.05) is 30.6 Å². The Morgan fingerprint density at radius 1 is 1.20 bits per heavy atom. The summed E-state index contributed by atoms with van der Waals surface area (Å²) in [6.07, 6.45) is 6.19. The van der Waals surface area contributed by atoms with Gasteiger partial charge in [0.05, 0.1) is 22.1 Å². The lowest BCUT2D eigenvalue weighted by Gasteiger charge is -2.11. The highest BCUT2D eigenvalue weighted by Crippen LogP contribution is 2.32. The summed E-state index contributed by atoms with van der Waals surface area (Å²) < 4.78 is 1.51. The van der Waals surface area contributed by atoms with Gasteiger partial charge in [0.15, 0.2) is 0 Å². The van der Waals surface area contributed by atoms with Crippen molar-refractivity contribution in [1.82, 2.24) is 14.9 Å². The van der Waals surface area contributed by atoms with Gasteiger partial charge in [-0.3, -0.25) is 14.2 Å². The molecule has 1 aromatic carbocycles. The van der Waals surface area contributed by atoms with Crippen LogP contribution in [0.25, 0.3) is 0 Å². The van der Waals surface area contributed by atoms with E-state index in [9.17, 15) is 9.59 Å². The van der Waals surface area contributed by atoms with Crippen LogP contribution < -0.4 is 10.9 Å². The molecule has 1 N–H and O–H groups in total. The van der Waals surface area contributed by atoms with Gasteiger partial charge in [0.1, 0.15) is 0 Å². The van der Waals surface area contributed by atoms with E-state index < -0.39 is 0 Å². The monoisotopic (exact) mass is 379 g/mol. The predicted molar refractivity (Wildman–Crippen MR) is 98.5 cm³/mol. The van der Waals surface area contributed by atoms with Crippen LogP contribution in [0, 0.1) is 0 Å². The molecule has 0 bridgehead atoms. The Balaban J connectivity index is 1.57. The van der Waals surface area contributed by atoms with Crippen molar-refractivity contribution in [2.75, 3.05) is 6.54 Å². The van der Waals surface area contributed by atoms with Crippen LogP contribution in [0.3, 0.4) is 0 Å². The number of carbonyl (C=O) groups is 1. The zero-order valence-electron chi connectivity index (χ0n) is 13.7. The number of aromatic nitrogens is 2. The summed E-state index contributed by atoms with van der Waals surface area (Å²) in [6, 6.07) is 6.32. The summed E-state index contributed by atoms with van der Waals surface area (Å²) in [6.45, 7) is 0.688. The third kappa shape index (κ3) is 4.41. The fraction of sp³-hybridized carbons (Fsp3) is 0.389. The maximum absolute atomic E-state index is 12.2. The molecule has 1 aromatic heterocycles. The predicted octanol–water partition coefficient (Wildman–Crippen LogP) is 3.64. The summed E-state index contributed by atoms with van der Waals surface area (Å²) in [5.74, 6) is 0.152. The molecule has 0 unspecified atom stereocenters. The molecule has 5 nitrogen and oxygen atoms in total. The Morgan fingerprint density at radius 2 is 1.96 bits per heavy atom. The third-order valence-electron chi connectivity index (χ3n) is 4.49. The highest BCUT2D eigenvalue weighted by atomic mass is 35.5. The highest BCUT2D eigenvalue weighted by molar-refractivity contribution is 6.42. The highest BCUT2D eigenvalue weighted by Gasteiger charge is 2.18. The molecule has 1 aliphatic carbocycles. The molecular weight excluding hydrogens is 361 g/mol. The number of halogens is 2. The number of nitrogens with zero attached hydrogens (tertiary/aromatic N) is 2. The van der Waals surface area contributed by atoms with E-state index in [0.717, 1.165) is 18.5 Å². The van der Waals surface area contributed by atoms with E-state index in [4.69, 9.17) is 23.2 Å². The average Bonchev–Trinajstić information content (AvgIpc) is 3.13. The van der Waals surface area contributed by atoms with E-state index >= 15 is 0 Å². The second-order valence-corrected chi connectivity index (χ2v) is 7.03. The molecule has 132 valence electrons. The van der Waals surface area contributed by atoms with Crippen LogP contribution in [0.4, 0.5) is 0 Å². The van der Waals surface area contributed by atoms with Crippen molar-refractivity contribution in [3.05, 3.63) is 62.2 Å². The normalized spacial score (nSPS) is 14.6. The van der Waals surface area contributed by atoms with Crippen LogP contribution in [0.2, 0.25) is 10.0 Å². The van der Waals surface area contributed by atoms with Crippen molar-refractivity contribution in [3.8, 4) is 0 Å². The van der Waals surface area contributed by atoms with Crippen LogP contribution in [-0.4, -0.2) is 22.0 Å². The number of nitrogens with one attached hydrogen (secondary N) is 1. The largest absolute Gasteiger partial charge is 0.350 e. The Kier molecular flexibility index (Phi) is 5.76. The van der Waals surface area contributed by atoms with Gasteiger partial charge in [-0.2, -0.15) is 0 Å². The van der Waals surface area contributed by atoms with E-state index in [0.29, 0.717) is 34.6 Å². The first-order valence-electron chi connectivity index (χ1n) is 8.34. The summed E-state index contributed by atoms with van der Waals surface area (Å²) in [5, 5.41) is 3.49. The lowest BCUT2D eigenvalue weighted by Crippen LogP contribution is -2.31. The standard InChI is InChI=1S/C18H19Cl2N3O2/c19-14-6-5-13(9-15(14)20)18(25)21-7-8-23-11-22-16(10-17(23)24)12-3-1-2-4-12/h5-6,9-12H,1-4,7-8H2,(H,21,25). The average molecular weight is 380 g/mol. The van der Waals surface area contributed by atoms with E-state index in [1.165, 1.54) is 23.5 Å². The quantitative estimate of drug-likeness (QED) is 0.862. The van der Waals surface area contributed by atoms with Crippen LogP contribution in [0.1, 0.15) is 47.7 Å². The Labute approximate surface area is 156 Å². The number of carbonyl (C=O) groups excluding carboxylic acids is 1. The van der Waals surface area contributed by atoms with Crippen molar-refractivity contribution in [2.45, 2.75) is 38.1 Å². The molecule has 1 amide bonds. The SMILES string of the molecule is O=C(NCCn1cnc(C2CCCC2)cc1=O)c1ccc(Cl)c(Cl)c1. The number of rotatable bonds is 5. The van der Waals surface area contributed by atoms with Crippen molar-refractivity contribution < 1.29 is 4.79 Å². The van der Waals surface area contributed by atoms with E-state index in [1.807, 2.05) is 0 Å². The molecule has 1 aliphatic rings. The Bertz CT molecular complexity index is 829. The molecule has 0 aliphatic heterocycles. The number of hydrogen-bond acceptors (Lipinski definition) is 3. The van der Waals surface area contributed by atoms with Gasteiger partial charge in [-0.15, -0.1) is 0 Å². The molecular formula is C18H19Cl2N3O2. The van der Waals surface area contributed by atoms with Crippen molar-refractivity contribution >= 4 is 29.1 Å². The van der Waals surface area contributed by atoms with E-state index in [2.05, 4.69) is 10.3 Å². The van der Waals surface area contributed by atoms with Gasteiger partial charge in [-0.05, 0) is 31.0 Å². The summed E-state index contributed by atoms with van der Waals surface area (Å²) in [4.78, 5) is 28.7. The minimum Gasteiger partial charge on any atom is -0.350 e. The summed E-state index contributed by atoms with van der Waals surface area (Å²) in [7, 11) is 0. The molecule has 1 heterocycles. The second-order valence-electron chi connectivity index (χ2n) is 6.21. The maximum atomic E-state index is 12.2. The molecule has 1 fully saturated rings. The van der Waals surface area contributed by atoms with Crippen LogP contribution in [0.5, 0.6) is 0 Å². The van der Waals surface area contributed by atoms with Crippen LogP contribution in [0.15, 0.2) is 35.4 Å². The first-order valence-corrected chi connectivity index (χ1v) is 9.10. The summed E-state index contributed by atoms with van der Waals surface area (Å²) in [5.41, 5.74) is 1.23. The van der Waals surface area contributed by atoms with Crippen molar-refractivity contribution in [1.29, 1.82) is 0 Å². The topological polar surface area (TPSA) is 64.0 Å². The third-order valence-corrected chi connectivity index (χ3v) is 5.23. The fourth-order valence-corrected chi connectivity index (χ4v) is 3.38. The van der Waals surface area contributed by atoms with Gasteiger partial charge in [-0.1, -0.05) is 36.0 Å². The molecule has 0 saturated heterocycles. The molecule has 7 heteroatoms. The lowest BCUT2D eigenvalue weighted by molar-refractivity contribution is 0.0952. The number of hydrogen-bond donors (Lipinski definition) is 1. The smallest absolute Gasteiger partial charge is 0.253 e. The van der Waals surface area contributed by atoms with Gasteiger partial charge < -0.3 is 5.32 Å². The van der Waals surface area contributed by atoms with Gasteiger partial charge in [0.25, 0.3) is 11.5 Å². The minimum absolute atomic E-state index is 0.0827. The molecule has 3 rings (SSSR count). The number of amides is 1. The number of benzene rings is 1. The Morgan fingerprint density at radius 3 is 2.64 bits per heavy atom. The molecule has 1 saturated carbocycles. The fourth-order valence-electron chi connectivity index (χ4n) is 3.08. The van der Waals surface area contributed by atoms with Gasteiger partial charge >= 0.3 is 0 Å². The van der Waals surface area contributed by atoms with Crippen molar-refractivity contribution in [3.63, 3.8) is 0 Å². The lowest BCUT2D eigenvalue weighted by atomic mass is 10.0. The van der Waals surface area contributed by atoms with Gasteiger partial charge in [-0.25, -0.2) is 4.98 Å². The maximum Gasteiger partial charge on any atom is 0.253 e. The first kappa shape index (κ1) is 18.0. The molecule has 0 spiro atoms. The second kappa shape index (κ2) is 8.02. The minimum atomic E-state index is -0.262. The first-order chi connectivity index (χ1) is 12.0. The molecule has 2 aromatic rings. The van der Waals surface area contributed by atoms with Gasteiger partial charge in [0.2, 0.25) is 0 Å². The van der Waals surface area contributed by atoms with Crippen molar-refractivity contribution in [2.24, 2.45) is 0 Å². The van der Waals surface area contributed by atoms with E-state index in [-0.39, 0.29) is 11.5 Å². The van der Waals surface area contributed by atoms with Crippen LogP contribution in [-0.2, 0) is 6.54 Å². The van der Waals surface area contributed by atoms with Crippen LogP contribution >= 0.6 is 23.2 Å². The summed E-state index contributed by atoms with van der Waals surface area (Å²) >= 11 is 11.7. The zero-order valence-corrected chi connectivity index (χ0v) is 15.2. The molecule has 0 atom stereocenters. The van der Waals surface area contributed by atoms with E-state index in [1.54, 1.807) is 24.5 Å². The Hall–Kier alpha value is -1.85. The zero-order chi connectivity index (χ0) is 17.8. The molecule has 25 heavy (non-hydrogen) atoms. The molecule has 0 radical (unpaired) electrons.